The van der Waals surface area contributed by atoms with Crippen LogP contribution in [0, 0.1) is 6.92 Å². The van der Waals surface area contributed by atoms with Gasteiger partial charge < -0.3 is 19.1 Å². The van der Waals surface area contributed by atoms with E-state index in [1.807, 2.05) is 31.2 Å². The van der Waals surface area contributed by atoms with Crippen molar-refractivity contribution in [3.63, 3.8) is 0 Å². The number of likely N-dealkylation sites (N-methyl/N-ethyl adjacent to an activating group) is 1. The normalized spacial score (nSPS) is 12.6. The number of carbonyl (C=O) groups excluding carboxylic acids is 1. The van der Waals surface area contributed by atoms with Gasteiger partial charge in [-0.3, -0.25) is 4.79 Å². The molecule has 3 rings (SSSR count). The molecule has 1 aliphatic rings. The van der Waals surface area contributed by atoms with Crippen molar-refractivity contribution >= 4 is 17.5 Å². The van der Waals surface area contributed by atoms with Crippen molar-refractivity contribution in [1.82, 2.24) is 4.90 Å². The van der Waals surface area contributed by atoms with E-state index in [0.29, 0.717) is 30.5 Å². The van der Waals surface area contributed by atoms with Gasteiger partial charge in [0.15, 0.2) is 18.1 Å². The lowest BCUT2D eigenvalue weighted by Gasteiger charge is -2.21. The number of halogens is 1. The minimum Gasteiger partial charge on any atom is -0.486 e. The Balaban J connectivity index is 1.56. The molecular formula is C19H20ClNO4. The van der Waals surface area contributed by atoms with E-state index in [0.717, 1.165) is 22.6 Å². The molecule has 0 saturated heterocycles. The Bertz CT molecular complexity index is 778. The van der Waals surface area contributed by atoms with Gasteiger partial charge in [-0.05, 0) is 48.4 Å². The van der Waals surface area contributed by atoms with E-state index < -0.39 is 0 Å². The van der Waals surface area contributed by atoms with Crippen LogP contribution in [0.2, 0.25) is 5.02 Å². The molecule has 0 fully saturated rings. The summed E-state index contributed by atoms with van der Waals surface area (Å²) in [7, 11) is 1.75. The third kappa shape index (κ3) is 4.37. The number of aryl methyl sites for hydroxylation is 1. The molecule has 0 unspecified atom stereocenters. The Hall–Kier alpha value is -2.40. The van der Waals surface area contributed by atoms with Crippen LogP contribution in [0.15, 0.2) is 36.4 Å². The molecule has 0 bridgehead atoms. The predicted molar refractivity (Wildman–Crippen MR) is 95.6 cm³/mol. The van der Waals surface area contributed by atoms with Crippen LogP contribution in [0.3, 0.4) is 0 Å². The Kier molecular flexibility index (Phi) is 5.34. The maximum absolute atomic E-state index is 12.3. The van der Waals surface area contributed by atoms with Gasteiger partial charge in [-0.25, -0.2) is 0 Å². The average molecular weight is 362 g/mol. The van der Waals surface area contributed by atoms with Crippen molar-refractivity contribution < 1.29 is 19.0 Å². The molecule has 0 N–H and O–H groups in total. The highest BCUT2D eigenvalue weighted by atomic mass is 35.5. The molecule has 2 aromatic carbocycles. The van der Waals surface area contributed by atoms with Gasteiger partial charge in [-0.15, -0.1) is 0 Å². The van der Waals surface area contributed by atoms with Gasteiger partial charge in [-0.2, -0.15) is 0 Å². The van der Waals surface area contributed by atoms with Gasteiger partial charge in [0.1, 0.15) is 19.0 Å². The van der Waals surface area contributed by atoms with Crippen LogP contribution in [0.4, 0.5) is 0 Å². The van der Waals surface area contributed by atoms with Crippen LogP contribution < -0.4 is 14.2 Å². The number of carbonyl (C=O) groups is 1. The lowest BCUT2D eigenvalue weighted by molar-refractivity contribution is -0.132. The average Bonchev–Trinajstić information content (AvgIpc) is 2.62. The van der Waals surface area contributed by atoms with E-state index in [9.17, 15) is 4.79 Å². The second-order valence-electron chi connectivity index (χ2n) is 5.93. The van der Waals surface area contributed by atoms with Crippen LogP contribution in [0.5, 0.6) is 17.2 Å². The van der Waals surface area contributed by atoms with Crippen molar-refractivity contribution in [2.24, 2.45) is 0 Å². The molecule has 1 heterocycles. The number of ether oxygens (including phenoxy) is 3. The number of rotatable bonds is 5. The summed E-state index contributed by atoms with van der Waals surface area (Å²) in [6.07, 6.45) is 0. The van der Waals surface area contributed by atoms with E-state index in [1.54, 1.807) is 24.1 Å². The summed E-state index contributed by atoms with van der Waals surface area (Å²) in [5.41, 5.74) is 1.89. The fourth-order valence-electron chi connectivity index (χ4n) is 2.51. The number of amides is 1. The molecule has 6 heteroatoms. The minimum atomic E-state index is -0.109. The van der Waals surface area contributed by atoms with Gasteiger partial charge >= 0.3 is 0 Å². The zero-order valence-electron chi connectivity index (χ0n) is 14.3. The third-order valence-electron chi connectivity index (χ3n) is 3.94. The fourth-order valence-corrected chi connectivity index (χ4v) is 2.63. The highest BCUT2D eigenvalue weighted by Crippen LogP contribution is 2.31. The van der Waals surface area contributed by atoms with Crippen molar-refractivity contribution in [2.75, 3.05) is 26.9 Å². The monoisotopic (exact) mass is 361 g/mol. The molecule has 0 aliphatic carbocycles. The molecule has 0 aromatic heterocycles. The molecule has 25 heavy (non-hydrogen) atoms. The number of hydrogen-bond donors (Lipinski definition) is 0. The fraction of sp³-hybridized carbons (Fsp3) is 0.316. The van der Waals surface area contributed by atoms with Crippen molar-refractivity contribution in [3.05, 3.63) is 52.5 Å². The molecule has 2 aromatic rings. The Morgan fingerprint density at radius 3 is 2.68 bits per heavy atom. The lowest BCUT2D eigenvalue weighted by Crippen LogP contribution is -2.31. The van der Waals surface area contributed by atoms with E-state index in [2.05, 4.69) is 0 Å². The quantitative estimate of drug-likeness (QED) is 0.818. The molecule has 5 nitrogen and oxygen atoms in total. The number of benzene rings is 2. The van der Waals surface area contributed by atoms with E-state index in [4.69, 9.17) is 25.8 Å². The summed E-state index contributed by atoms with van der Waals surface area (Å²) >= 11 is 5.98. The van der Waals surface area contributed by atoms with Crippen LogP contribution in [-0.4, -0.2) is 37.7 Å². The molecule has 0 saturated carbocycles. The number of nitrogens with zero attached hydrogens (tertiary/aromatic N) is 1. The largest absolute Gasteiger partial charge is 0.486 e. The van der Waals surface area contributed by atoms with Crippen LogP contribution in [-0.2, 0) is 11.3 Å². The van der Waals surface area contributed by atoms with Gasteiger partial charge in [0.05, 0.1) is 0 Å². The van der Waals surface area contributed by atoms with Gasteiger partial charge in [-0.1, -0.05) is 17.7 Å². The topological polar surface area (TPSA) is 48.0 Å². The first-order chi connectivity index (χ1) is 12.0. The second kappa shape index (κ2) is 7.66. The van der Waals surface area contributed by atoms with Gasteiger partial charge in [0.25, 0.3) is 5.91 Å². The van der Waals surface area contributed by atoms with Crippen LogP contribution in [0.25, 0.3) is 0 Å². The van der Waals surface area contributed by atoms with Crippen LogP contribution >= 0.6 is 11.6 Å². The number of hydrogen-bond acceptors (Lipinski definition) is 4. The molecular weight excluding hydrogens is 342 g/mol. The summed E-state index contributed by atoms with van der Waals surface area (Å²) in [5.74, 6) is 1.98. The van der Waals surface area contributed by atoms with E-state index >= 15 is 0 Å². The SMILES string of the molecule is Cc1cc(OCC(=O)N(C)Cc2ccc3c(c2)OCCO3)ccc1Cl. The molecule has 1 amide bonds. The standard InChI is InChI=1S/C19H20ClNO4/c1-13-9-15(4-5-16(13)20)25-12-19(22)21(2)11-14-3-6-17-18(10-14)24-8-7-23-17/h3-6,9-10H,7-8,11-12H2,1-2H3. The zero-order chi connectivity index (χ0) is 17.8. The van der Waals surface area contributed by atoms with E-state index in [-0.39, 0.29) is 12.5 Å². The molecule has 132 valence electrons. The highest BCUT2D eigenvalue weighted by molar-refractivity contribution is 6.31. The Morgan fingerprint density at radius 2 is 1.92 bits per heavy atom. The lowest BCUT2D eigenvalue weighted by atomic mass is 10.2. The Morgan fingerprint density at radius 1 is 1.16 bits per heavy atom. The summed E-state index contributed by atoms with van der Waals surface area (Å²) in [6.45, 7) is 3.44. The molecule has 0 spiro atoms. The molecule has 1 aliphatic heterocycles. The first-order valence-corrected chi connectivity index (χ1v) is 8.42. The predicted octanol–water partition coefficient (Wildman–Crippen LogP) is 3.46. The molecule has 0 radical (unpaired) electrons. The van der Waals surface area contributed by atoms with Crippen molar-refractivity contribution in [1.29, 1.82) is 0 Å². The van der Waals surface area contributed by atoms with E-state index in [1.165, 1.54) is 0 Å². The number of fused-ring (bicyclic) bond motifs is 1. The Labute approximate surface area is 152 Å². The summed E-state index contributed by atoms with van der Waals surface area (Å²) in [5, 5.41) is 0.675. The third-order valence-corrected chi connectivity index (χ3v) is 4.37. The van der Waals surface area contributed by atoms with Crippen molar-refractivity contribution in [2.45, 2.75) is 13.5 Å². The van der Waals surface area contributed by atoms with Crippen molar-refractivity contribution in [3.8, 4) is 17.2 Å². The second-order valence-corrected chi connectivity index (χ2v) is 6.33. The smallest absolute Gasteiger partial charge is 0.260 e. The first-order valence-electron chi connectivity index (χ1n) is 8.04. The minimum absolute atomic E-state index is 0.0257. The molecule has 0 atom stereocenters. The first kappa shape index (κ1) is 17.4. The summed E-state index contributed by atoms with van der Waals surface area (Å²) in [4.78, 5) is 13.9. The zero-order valence-corrected chi connectivity index (χ0v) is 15.0. The van der Waals surface area contributed by atoms with Gasteiger partial charge in [0, 0.05) is 18.6 Å². The maximum atomic E-state index is 12.3. The van der Waals surface area contributed by atoms with Crippen LogP contribution in [0.1, 0.15) is 11.1 Å². The summed E-state index contributed by atoms with van der Waals surface area (Å²) in [6, 6.07) is 11.0. The van der Waals surface area contributed by atoms with Gasteiger partial charge in [0.2, 0.25) is 0 Å². The summed E-state index contributed by atoms with van der Waals surface area (Å²) < 4.78 is 16.6. The maximum Gasteiger partial charge on any atom is 0.260 e. The highest BCUT2D eigenvalue weighted by Gasteiger charge is 2.15.